The van der Waals surface area contributed by atoms with Crippen molar-refractivity contribution in [3.8, 4) is 0 Å². The second-order valence-electron chi connectivity index (χ2n) is 4.59. The Morgan fingerprint density at radius 3 is 2.85 bits per heavy atom. The Kier molecular flexibility index (Phi) is 1.79. The van der Waals surface area contributed by atoms with Gasteiger partial charge in [-0.05, 0) is 18.8 Å². The molecule has 0 aromatic carbocycles. The van der Waals surface area contributed by atoms with Crippen LogP contribution in [0.25, 0.3) is 0 Å². The minimum atomic E-state index is 0.651. The number of allylic oxidation sites excluding steroid dienone is 2. The highest BCUT2D eigenvalue weighted by Gasteiger charge is 2.41. The lowest BCUT2D eigenvalue weighted by Gasteiger charge is -2.27. The van der Waals surface area contributed by atoms with Gasteiger partial charge in [-0.15, -0.1) is 0 Å². The van der Waals surface area contributed by atoms with E-state index in [1.165, 1.54) is 25.7 Å². The summed E-state index contributed by atoms with van der Waals surface area (Å²) < 4.78 is 0. The van der Waals surface area contributed by atoms with Gasteiger partial charge in [0, 0.05) is 18.0 Å². The molecule has 1 N–H and O–H groups in total. The van der Waals surface area contributed by atoms with Crippen LogP contribution in [0.1, 0.15) is 25.7 Å². The minimum Gasteiger partial charge on any atom is -0.307 e. The Bertz CT molecular complexity index is 254. The topological polar surface area (TPSA) is 12.0 Å². The molecule has 1 nitrogen and oxygen atoms in total. The fourth-order valence-corrected chi connectivity index (χ4v) is 3.27. The van der Waals surface area contributed by atoms with Gasteiger partial charge in [-0.1, -0.05) is 37.1 Å². The van der Waals surface area contributed by atoms with Crippen LogP contribution in [0.4, 0.5) is 0 Å². The molecule has 0 amide bonds. The van der Waals surface area contributed by atoms with Crippen LogP contribution in [-0.4, -0.2) is 12.1 Å². The second kappa shape index (κ2) is 2.98. The first-order chi connectivity index (χ1) is 6.45. The van der Waals surface area contributed by atoms with Crippen molar-refractivity contribution in [3.63, 3.8) is 0 Å². The monoisotopic (exact) mass is 175 g/mol. The molecule has 2 fully saturated rings. The zero-order valence-corrected chi connectivity index (χ0v) is 7.95. The smallest absolute Gasteiger partial charge is 0.0322 e. The van der Waals surface area contributed by atoms with Crippen LogP contribution in [0.5, 0.6) is 0 Å². The minimum absolute atomic E-state index is 0.651. The molecule has 0 aromatic rings. The highest BCUT2D eigenvalue weighted by molar-refractivity contribution is 5.22. The molecule has 3 aliphatic rings. The van der Waals surface area contributed by atoms with Crippen LogP contribution in [0.3, 0.4) is 0 Å². The number of fused-ring (bicyclic) bond motifs is 3. The number of rotatable bonds is 0. The molecule has 1 heteroatoms. The summed E-state index contributed by atoms with van der Waals surface area (Å²) in [4.78, 5) is 0. The van der Waals surface area contributed by atoms with E-state index in [1.54, 1.807) is 0 Å². The third kappa shape index (κ3) is 1.18. The van der Waals surface area contributed by atoms with E-state index in [2.05, 4.69) is 29.6 Å². The fourth-order valence-electron chi connectivity index (χ4n) is 3.27. The molecule has 1 saturated carbocycles. The van der Waals surface area contributed by atoms with Gasteiger partial charge in [0.05, 0.1) is 0 Å². The number of hydrogen-bond donors (Lipinski definition) is 1. The molecule has 3 rings (SSSR count). The van der Waals surface area contributed by atoms with Gasteiger partial charge in [0.1, 0.15) is 0 Å². The lowest BCUT2D eigenvalue weighted by molar-refractivity contribution is 0.297. The van der Waals surface area contributed by atoms with Crippen molar-refractivity contribution in [1.29, 1.82) is 0 Å². The lowest BCUT2D eigenvalue weighted by atomic mass is 9.77. The average Bonchev–Trinajstić information content (AvgIpc) is 2.56. The molecular weight excluding hydrogens is 158 g/mol. The quantitative estimate of drug-likeness (QED) is 0.595. The van der Waals surface area contributed by atoms with Crippen molar-refractivity contribution in [2.45, 2.75) is 37.8 Å². The molecule has 0 radical (unpaired) electrons. The summed E-state index contributed by atoms with van der Waals surface area (Å²) in [6, 6.07) is 1.47. The Morgan fingerprint density at radius 1 is 1.00 bits per heavy atom. The maximum Gasteiger partial charge on any atom is 0.0322 e. The molecule has 0 spiro atoms. The predicted molar refractivity (Wildman–Crippen MR) is 54.4 cm³/mol. The third-order valence-electron chi connectivity index (χ3n) is 3.90. The van der Waals surface area contributed by atoms with E-state index in [1.807, 2.05) is 0 Å². The van der Waals surface area contributed by atoms with E-state index in [9.17, 15) is 0 Å². The molecule has 1 saturated heterocycles. The molecule has 13 heavy (non-hydrogen) atoms. The van der Waals surface area contributed by atoms with Crippen molar-refractivity contribution in [1.82, 2.24) is 5.32 Å². The van der Waals surface area contributed by atoms with Gasteiger partial charge < -0.3 is 5.32 Å². The Labute approximate surface area is 79.9 Å². The van der Waals surface area contributed by atoms with E-state index < -0.39 is 0 Å². The fraction of sp³-hybridized carbons (Fsp3) is 0.667. The van der Waals surface area contributed by atoms with Crippen molar-refractivity contribution in [2.75, 3.05) is 0 Å². The van der Waals surface area contributed by atoms with E-state index in [0.717, 1.165) is 17.9 Å². The van der Waals surface area contributed by atoms with E-state index >= 15 is 0 Å². The zero-order chi connectivity index (χ0) is 8.67. The van der Waals surface area contributed by atoms with Crippen LogP contribution in [0.2, 0.25) is 0 Å². The summed E-state index contributed by atoms with van der Waals surface area (Å²) in [6.07, 6.45) is 14.9. The third-order valence-corrected chi connectivity index (χ3v) is 3.90. The molecule has 4 unspecified atom stereocenters. The van der Waals surface area contributed by atoms with Gasteiger partial charge in [0.15, 0.2) is 0 Å². The Morgan fingerprint density at radius 2 is 1.85 bits per heavy atom. The molecule has 1 aliphatic heterocycles. The predicted octanol–water partition coefficient (Wildman–Crippen LogP) is 2.26. The van der Waals surface area contributed by atoms with Gasteiger partial charge in [-0.2, -0.15) is 0 Å². The van der Waals surface area contributed by atoms with Crippen LogP contribution < -0.4 is 5.32 Å². The maximum atomic E-state index is 3.76. The summed E-state index contributed by atoms with van der Waals surface area (Å²) in [5.74, 6) is 1.73. The van der Waals surface area contributed by atoms with Crippen LogP contribution in [0, 0.1) is 11.8 Å². The summed E-state index contributed by atoms with van der Waals surface area (Å²) in [7, 11) is 0. The van der Waals surface area contributed by atoms with E-state index in [4.69, 9.17) is 0 Å². The van der Waals surface area contributed by atoms with Crippen molar-refractivity contribution in [3.05, 3.63) is 24.3 Å². The van der Waals surface area contributed by atoms with Gasteiger partial charge in [-0.3, -0.25) is 0 Å². The first-order valence-corrected chi connectivity index (χ1v) is 5.56. The number of hydrogen-bond acceptors (Lipinski definition) is 1. The normalized spacial score (nSPS) is 47.4. The SMILES string of the molecule is C1=CC2NC3CCCCC3C2C=C1. The molecule has 0 aromatic heterocycles. The summed E-state index contributed by atoms with van der Waals surface area (Å²) in [5, 5.41) is 3.76. The Hall–Kier alpha value is -0.560. The first kappa shape index (κ1) is 7.81. The molecule has 70 valence electrons. The highest BCUT2D eigenvalue weighted by atomic mass is 15.0. The molecule has 1 heterocycles. The van der Waals surface area contributed by atoms with E-state index in [0.29, 0.717) is 6.04 Å². The van der Waals surface area contributed by atoms with Gasteiger partial charge >= 0.3 is 0 Å². The molecule has 4 atom stereocenters. The maximum absolute atomic E-state index is 3.76. The average molecular weight is 175 g/mol. The Balaban J connectivity index is 1.85. The van der Waals surface area contributed by atoms with E-state index in [-0.39, 0.29) is 0 Å². The molecular formula is C12H17N. The van der Waals surface area contributed by atoms with Crippen molar-refractivity contribution in [2.24, 2.45) is 11.8 Å². The molecule has 0 bridgehead atoms. The molecule has 2 aliphatic carbocycles. The summed E-state index contributed by atoms with van der Waals surface area (Å²) >= 11 is 0. The summed E-state index contributed by atoms with van der Waals surface area (Å²) in [6.45, 7) is 0. The van der Waals surface area contributed by atoms with Gasteiger partial charge in [0.2, 0.25) is 0 Å². The van der Waals surface area contributed by atoms with Crippen molar-refractivity contribution >= 4 is 0 Å². The van der Waals surface area contributed by atoms with Crippen molar-refractivity contribution < 1.29 is 0 Å². The zero-order valence-electron chi connectivity index (χ0n) is 7.95. The largest absolute Gasteiger partial charge is 0.307 e. The second-order valence-corrected chi connectivity index (χ2v) is 4.59. The van der Waals surface area contributed by atoms with Crippen LogP contribution in [0.15, 0.2) is 24.3 Å². The summed E-state index contributed by atoms with van der Waals surface area (Å²) in [5.41, 5.74) is 0. The lowest BCUT2D eigenvalue weighted by Crippen LogP contribution is -2.32. The standard InChI is InChI=1S/C12H17N/c1-3-7-11-9(5-1)10-6-2-4-8-12(10)13-11/h1,3,5,7,9-13H,2,4,6,8H2. The van der Waals surface area contributed by atoms with Crippen LogP contribution in [-0.2, 0) is 0 Å². The first-order valence-electron chi connectivity index (χ1n) is 5.56. The van der Waals surface area contributed by atoms with Crippen LogP contribution >= 0.6 is 0 Å². The van der Waals surface area contributed by atoms with Gasteiger partial charge in [-0.25, -0.2) is 0 Å². The van der Waals surface area contributed by atoms with Gasteiger partial charge in [0.25, 0.3) is 0 Å². The number of nitrogens with one attached hydrogen (secondary N) is 1. The highest BCUT2D eigenvalue weighted by Crippen LogP contribution is 2.39.